The van der Waals surface area contributed by atoms with Gasteiger partial charge in [0.05, 0.1) is 6.54 Å². The monoisotopic (exact) mass is 322 g/mol. The van der Waals surface area contributed by atoms with Gasteiger partial charge in [-0.05, 0) is 38.0 Å². The first-order chi connectivity index (χ1) is 11.5. The van der Waals surface area contributed by atoms with E-state index in [4.69, 9.17) is 0 Å². The van der Waals surface area contributed by atoms with Gasteiger partial charge in [0.2, 0.25) is 0 Å². The molecular weight excluding hydrogens is 296 g/mol. The van der Waals surface area contributed by atoms with Crippen LogP contribution in [0.5, 0.6) is 0 Å². The number of piperazine rings is 1. The van der Waals surface area contributed by atoms with Gasteiger partial charge in [-0.2, -0.15) is 0 Å². The molecule has 0 aromatic heterocycles. The Bertz CT molecular complexity index is 730. The Hall–Kier alpha value is -2.13. The van der Waals surface area contributed by atoms with Crippen molar-refractivity contribution in [1.82, 2.24) is 4.90 Å². The predicted octanol–water partition coefficient (Wildman–Crippen LogP) is 3.62. The van der Waals surface area contributed by atoms with Gasteiger partial charge in [0.15, 0.2) is 5.78 Å². The second-order valence-corrected chi connectivity index (χ2v) is 6.79. The zero-order valence-electron chi connectivity index (χ0n) is 14.9. The van der Waals surface area contributed by atoms with Gasteiger partial charge in [-0.3, -0.25) is 9.69 Å². The maximum Gasteiger partial charge on any atom is 0.177 e. The number of Topliss-reactive ketones (excluding diaryl/α,β-unsaturated/α-hetero) is 1. The van der Waals surface area contributed by atoms with Crippen LogP contribution in [0, 0.1) is 20.8 Å². The standard InChI is InChI=1S/C21H26N2O/c1-16-8-9-19(18(3)14-16)21(24)15-22-10-12-23(13-11-22)20-7-5-4-6-17(20)2/h4-9,14H,10-13,15H2,1-3H3. The van der Waals surface area contributed by atoms with Crippen LogP contribution in [0.4, 0.5) is 5.69 Å². The summed E-state index contributed by atoms with van der Waals surface area (Å²) in [6, 6.07) is 14.6. The summed E-state index contributed by atoms with van der Waals surface area (Å²) >= 11 is 0. The Labute approximate surface area is 144 Å². The summed E-state index contributed by atoms with van der Waals surface area (Å²) in [4.78, 5) is 17.3. The second-order valence-electron chi connectivity index (χ2n) is 6.79. The summed E-state index contributed by atoms with van der Waals surface area (Å²) in [5.41, 5.74) is 5.78. The Morgan fingerprint density at radius 1 is 0.917 bits per heavy atom. The third-order valence-corrected chi connectivity index (χ3v) is 4.88. The van der Waals surface area contributed by atoms with Crippen LogP contribution in [-0.4, -0.2) is 43.4 Å². The van der Waals surface area contributed by atoms with Crippen LogP contribution in [0.25, 0.3) is 0 Å². The molecule has 0 atom stereocenters. The summed E-state index contributed by atoms with van der Waals surface area (Å²) < 4.78 is 0. The number of aryl methyl sites for hydroxylation is 3. The molecular formula is C21H26N2O. The van der Waals surface area contributed by atoms with E-state index < -0.39 is 0 Å². The number of nitrogens with zero attached hydrogens (tertiary/aromatic N) is 2. The number of ketones is 1. The van der Waals surface area contributed by atoms with Crippen LogP contribution < -0.4 is 4.90 Å². The summed E-state index contributed by atoms with van der Waals surface area (Å²) in [7, 11) is 0. The van der Waals surface area contributed by atoms with Crippen LogP contribution in [0.1, 0.15) is 27.0 Å². The predicted molar refractivity (Wildman–Crippen MR) is 100 cm³/mol. The number of hydrogen-bond acceptors (Lipinski definition) is 3. The minimum Gasteiger partial charge on any atom is -0.369 e. The highest BCUT2D eigenvalue weighted by atomic mass is 16.1. The third kappa shape index (κ3) is 3.68. The molecule has 0 aliphatic carbocycles. The second kappa shape index (κ2) is 7.18. The first-order valence-electron chi connectivity index (χ1n) is 8.68. The summed E-state index contributed by atoms with van der Waals surface area (Å²) in [6.07, 6.45) is 0. The molecule has 0 saturated carbocycles. The summed E-state index contributed by atoms with van der Waals surface area (Å²) in [5.74, 6) is 0.233. The van der Waals surface area contributed by atoms with Crippen molar-refractivity contribution in [1.29, 1.82) is 0 Å². The molecule has 2 aromatic rings. The quantitative estimate of drug-likeness (QED) is 0.803. The number of carbonyl (C=O) groups excluding carboxylic acids is 1. The summed E-state index contributed by atoms with van der Waals surface area (Å²) in [6.45, 7) is 10.6. The van der Waals surface area contributed by atoms with E-state index in [1.165, 1.54) is 16.8 Å². The van der Waals surface area contributed by atoms with E-state index in [0.717, 1.165) is 37.3 Å². The van der Waals surface area contributed by atoms with E-state index in [1.54, 1.807) is 0 Å². The van der Waals surface area contributed by atoms with Crippen molar-refractivity contribution in [3.05, 3.63) is 64.7 Å². The molecule has 0 spiro atoms. The third-order valence-electron chi connectivity index (χ3n) is 4.88. The average molecular weight is 322 g/mol. The van der Waals surface area contributed by atoms with Crippen LogP contribution in [0.2, 0.25) is 0 Å². The minimum atomic E-state index is 0.233. The van der Waals surface area contributed by atoms with Crippen molar-refractivity contribution < 1.29 is 4.79 Å². The molecule has 126 valence electrons. The van der Waals surface area contributed by atoms with Crippen LogP contribution >= 0.6 is 0 Å². The van der Waals surface area contributed by atoms with Gasteiger partial charge in [-0.25, -0.2) is 0 Å². The lowest BCUT2D eigenvalue weighted by atomic mass is 10.0. The van der Waals surface area contributed by atoms with Crippen molar-refractivity contribution in [2.24, 2.45) is 0 Å². The lowest BCUT2D eigenvalue weighted by molar-refractivity contribution is 0.0926. The van der Waals surface area contributed by atoms with Crippen molar-refractivity contribution in [2.45, 2.75) is 20.8 Å². The minimum absolute atomic E-state index is 0.233. The van der Waals surface area contributed by atoms with Gasteiger partial charge in [0, 0.05) is 37.4 Å². The van der Waals surface area contributed by atoms with Gasteiger partial charge in [0.25, 0.3) is 0 Å². The van der Waals surface area contributed by atoms with Crippen molar-refractivity contribution in [3.8, 4) is 0 Å². The van der Waals surface area contributed by atoms with Gasteiger partial charge >= 0.3 is 0 Å². The molecule has 3 heteroatoms. The fourth-order valence-electron chi connectivity index (χ4n) is 3.48. The van der Waals surface area contributed by atoms with Gasteiger partial charge in [-0.15, -0.1) is 0 Å². The van der Waals surface area contributed by atoms with Crippen LogP contribution in [0.3, 0.4) is 0 Å². The Morgan fingerprint density at radius 3 is 2.29 bits per heavy atom. The molecule has 1 aliphatic heterocycles. The highest BCUT2D eigenvalue weighted by Gasteiger charge is 2.21. The Kier molecular flexibility index (Phi) is 5.00. The molecule has 0 N–H and O–H groups in total. The van der Waals surface area contributed by atoms with E-state index in [9.17, 15) is 4.79 Å². The molecule has 3 rings (SSSR count). The lowest BCUT2D eigenvalue weighted by Gasteiger charge is -2.36. The zero-order valence-corrected chi connectivity index (χ0v) is 14.9. The molecule has 3 nitrogen and oxygen atoms in total. The number of para-hydroxylation sites is 1. The molecule has 1 fully saturated rings. The molecule has 0 bridgehead atoms. The molecule has 24 heavy (non-hydrogen) atoms. The van der Waals surface area contributed by atoms with Crippen LogP contribution in [0.15, 0.2) is 42.5 Å². The fraction of sp³-hybridized carbons (Fsp3) is 0.381. The van der Waals surface area contributed by atoms with E-state index >= 15 is 0 Å². The van der Waals surface area contributed by atoms with Crippen LogP contribution in [-0.2, 0) is 0 Å². The van der Waals surface area contributed by atoms with Gasteiger partial charge in [-0.1, -0.05) is 42.0 Å². The van der Waals surface area contributed by atoms with E-state index in [1.807, 2.05) is 19.1 Å². The SMILES string of the molecule is Cc1ccc(C(=O)CN2CCN(c3ccccc3C)CC2)c(C)c1. The molecule has 0 amide bonds. The Balaban J connectivity index is 1.59. The first kappa shape index (κ1) is 16.7. The maximum atomic E-state index is 12.6. The lowest BCUT2D eigenvalue weighted by Crippen LogP contribution is -2.48. The van der Waals surface area contributed by atoms with E-state index in [0.29, 0.717) is 6.54 Å². The van der Waals surface area contributed by atoms with E-state index in [2.05, 4.69) is 54.0 Å². The smallest absolute Gasteiger partial charge is 0.177 e. The average Bonchev–Trinajstić information content (AvgIpc) is 2.56. The van der Waals surface area contributed by atoms with Gasteiger partial charge in [0.1, 0.15) is 0 Å². The number of rotatable bonds is 4. The molecule has 1 heterocycles. The molecule has 1 aliphatic rings. The highest BCUT2D eigenvalue weighted by Crippen LogP contribution is 2.21. The highest BCUT2D eigenvalue weighted by molar-refractivity contribution is 5.99. The molecule has 1 saturated heterocycles. The normalized spacial score (nSPS) is 15.5. The topological polar surface area (TPSA) is 23.6 Å². The summed E-state index contributed by atoms with van der Waals surface area (Å²) in [5, 5.41) is 0. The van der Waals surface area contributed by atoms with E-state index in [-0.39, 0.29) is 5.78 Å². The largest absolute Gasteiger partial charge is 0.369 e. The first-order valence-corrected chi connectivity index (χ1v) is 8.68. The van der Waals surface area contributed by atoms with Crippen molar-refractivity contribution >= 4 is 11.5 Å². The Morgan fingerprint density at radius 2 is 1.62 bits per heavy atom. The molecule has 0 unspecified atom stereocenters. The van der Waals surface area contributed by atoms with Crippen molar-refractivity contribution in [2.75, 3.05) is 37.6 Å². The molecule has 2 aromatic carbocycles. The van der Waals surface area contributed by atoms with Crippen molar-refractivity contribution in [3.63, 3.8) is 0 Å². The molecule has 0 radical (unpaired) electrons. The number of carbonyl (C=O) groups is 1. The number of hydrogen-bond donors (Lipinski definition) is 0. The fourth-order valence-corrected chi connectivity index (χ4v) is 3.48. The number of benzene rings is 2. The maximum absolute atomic E-state index is 12.6. The zero-order chi connectivity index (χ0) is 17.1. The van der Waals surface area contributed by atoms with Gasteiger partial charge < -0.3 is 4.90 Å². The number of anilines is 1.